The standard InChI is InChI=1S/C22H26N2O4/c1-2-3-4-5-6-10-20(25)23-18-13-11-16(12-14-18)21(26)24-19-9-7-8-17(15-19)22(27)28/h7-9,11-15H,2-6,10H2,1H3,(H,23,25)(H,24,26)(H,27,28). The Kier molecular flexibility index (Phi) is 8.21. The van der Waals surface area contributed by atoms with Crippen LogP contribution in [0, 0.1) is 0 Å². The summed E-state index contributed by atoms with van der Waals surface area (Å²) in [7, 11) is 0. The maximum atomic E-state index is 12.3. The van der Waals surface area contributed by atoms with Crippen molar-refractivity contribution in [2.24, 2.45) is 0 Å². The minimum Gasteiger partial charge on any atom is -0.478 e. The van der Waals surface area contributed by atoms with E-state index in [0.29, 0.717) is 23.4 Å². The third-order valence-corrected chi connectivity index (χ3v) is 4.31. The molecule has 6 nitrogen and oxygen atoms in total. The Bertz CT molecular complexity index is 816. The number of hydrogen-bond donors (Lipinski definition) is 3. The molecule has 2 rings (SSSR count). The summed E-state index contributed by atoms with van der Waals surface area (Å²) in [5.74, 6) is -1.43. The lowest BCUT2D eigenvalue weighted by Gasteiger charge is -2.08. The second-order valence-corrected chi connectivity index (χ2v) is 6.63. The summed E-state index contributed by atoms with van der Waals surface area (Å²) in [4.78, 5) is 35.3. The fourth-order valence-corrected chi connectivity index (χ4v) is 2.75. The molecule has 28 heavy (non-hydrogen) atoms. The van der Waals surface area contributed by atoms with E-state index < -0.39 is 5.97 Å². The summed E-state index contributed by atoms with van der Waals surface area (Å²) >= 11 is 0. The predicted molar refractivity (Wildman–Crippen MR) is 110 cm³/mol. The Hall–Kier alpha value is -3.15. The zero-order valence-corrected chi connectivity index (χ0v) is 16.0. The van der Waals surface area contributed by atoms with Gasteiger partial charge in [0, 0.05) is 23.4 Å². The van der Waals surface area contributed by atoms with Gasteiger partial charge in [-0.15, -0.1) is 0 Å². The van der Waals surface area contributed by atoms with Gasteiger partial charge in [0.2, 0.25) is 5.91 Å². The number of carbonyl (C=O) groups excluding carboxylic acids is 2. The van der Waals surface area contributed by atoms with Crippen molar-refractivity contribution in [1.29, 1.82) is 0 Å². The summed E-state index contributed by atoms with van der Waals surface area (Å²) < 4.78 is 0. The number of carboxylic acids is 1. The highest BCUT2D eigenvalue weighted by Crippen LogP contribution is 2.15. The molecule has 0 radical (unpaired) electrons. The summed E-state index contributed by atoms with van der Waals surface area (Å²) in [6, 6.07) is 12.6. The van der Waals surface area contributed by atoms with Gasteiger partial charge in [-0.1, -0.05) is 38.7 Å². The first kappa shape index (κ1) is 21.2. The molecule has 0 atom stereocenters. The number of carbonyl (C=O) groups is 3. The fraction of sp³-hybridized carbons (Fsp3) is 0.318. The first-order chi connectivity index (χ1) is 13.5. The Morgan fingerprint density at radius 1 is 0.821 bits per heavy atom. The van der Waals surface area contributed by atoms with Gasteiger partial charge < -0.3 is 15.7 Å². The smallest absolute Gasteiger partial charge is 0.335 e. The molecule has 0 aliphatic rings. The molecule has 2 amide bonds. The van der Waals surface area contributed by atoms with Crippen LogP contribution in [0.15, 0.2) is 48.5 Å². The Balaban J connectivity index is 1.86. The zero-order valence-electron chi connectivity index (χ0n) is 16.0. The summed E-state index contributed by atoms with van der Waals surface area (Å²) in [5.41, 5.74) is 1.57. The van der Waals surface area contributed by atoms with Crippen molar-refractivity contribution in [2.75, 3.05) is 10.6 Å². The van der Waals surface area contributed by atoms with Gasteiger partial charge in [0.25, 0.3) is 5.91 Å². The largest absolute Gasteiger partial charge is 0.478 e. The van der Waals surface area contributed by atoms with E-state index in [4.69, 9.17) is 5.11 Å². The molecule has 2 aromatic carbocycles. The van der Waals surface area contributed by atoms with Crippen molar-refractivity contribution >= 4 is 29.2 Å². The number of hydrogen-bond acceptors (Lipinski definition) is 3. The first-order valence-electron chi connectivity index (χ1n) is 9.54. The highest BCUT2D eigenvalue weighted by Gasteiger charge is 2.09. The molecule has 0 heterocycles. The molecule has 148 valence electrons. The van der Waals surface area contributed by atoms with E-state index in [0.717, 1.165) is 19.3 Å². The molecule has 0 aliphatic heterocycles. The van der Waals surface area contributed by atoms with Crippen molar-refractivity contribution in [2.45, 2.75) is 45.4 Å². The monoisotopic (exact) mass is 382 g/mol. The quantitative estimate of drug-likeness (QED) is 0.507. The van der Waals surface area contributed by atoms with E-state index in [2.05, 4.69) is 17.6 Å². The molecular weight excluding hydrogens is 356 g/mol. The van der Waals surface area contributed by atoms with Crippen LogP contribution in [0.25, 0.3) is 0 Å². The topological polar surface area (TPSA) is 95.5 Å². The van der Waals surface area contributed by atoms with E-state index in [9.17, 15) is 14.4 Å². The van der Waals surface area contributed by atoms with Crippen LogP contribution in [0.2, 0.25) is 0 Å². The van der Waals surface area contributed by atoms with Gasteiger partial charge in [-0.25, -0.2) is 4.79 Å². The second-order valence-electron chi connectivity index (χ2n) is 6.63. The molecule has 0 spiro atoms. The van der Waals surface area contributed by atoms with E-state index >= 15 is 0 Å². The average Bonchev–Trinajstić information content (AvgIpc) is 2.68. The highest BCUT2D eigenvalue weighted by atomic mass is 16.4. The SMILES string of the molecule is CCCCCCCC(=O)Nc1ccc(C(=O)Nc2cccc(C(=O)O)c2)cc1. The van der Waals surface area contributed by atoms with E-state index in [1.165, 1.54) is 25.0 Å². The molecule has 0 saturated heterocycles. The zero-order chi connectivity index (χ0) is 20.4. The number of anilines is 2. The third kappa shape index (κ3) is 6.87. The maximum absolute atomic E-state index is 12.3. The van der Waals surface area contributed by atoms with Gasteiger partial charge in [0.1, 0.15) is 0 Å². The van der Waals surface area contributed by atoms with Crippen LogP contribution < -0.4 is 10.6 Å². The number of unbranched alkanes of at least 4 members (excludes halogenated alkanes) is 4. The molecule has 0 saturated carbocycles. The van der Waals surface area contributed by atoms with E-state index in [-0.39, 0.29) is 17.4 Å². The molecule has 0 aromatic heterocycles. The Morgan fingerprint density at radius 3 is 2.21 bits per heavy atom. The van der Waals surface area contributed by atoms with Crippen LogP contribution in [0.4, 0.5) is 11.4 Å². The number of amides is 2. The highest BCUT2D eigenvalue weighted by molar-refractivity contribution is 6.05. The van der Waals surface area contributed by atoms with Crippen LogP contribution in [0.5, 0.6) is 0 Å². The first-order valence-corrected chi connectivity index (χ1v) is 9.54. The lowest BCUT2D eigenvalue weighted by atomic mass is 10.1. The van der Waals surface area contributed by atoms with Crippen molar-refractivity contribution in [3.63, 3.8) is 0 Å². The van der Waals surface area contributed by atoms with Gasteiger partial charge >= 0.3 is 5.97 Å². The summed E-state index contributed by atoms with van der Waals surface area (Å²) in [5, 5.41) is 14.5. The number of aromatic carboxylic acids is 1. The molecule has 2 aromatic rings. The predicted octanol–water partition coefficient (Wildman–Crippen LogP) is 4.94. The molecule has 0 unspecified atom stereocenters. The third-order valence-electron chi connectivity index (χ3n) is 4.31. The summed E-state index contributed by atoms with van der Waals surface area (Å²) in [6.45, 7) is 2.16. The lowest BCUT2D eigenvalue weighted by Crippen LogP contribution is -2.13. The molecule has 0 bridgehead atoms. The minimum atomic E-state index is -1.05. The van der Waals surface area contributed by atoms with Crippen molar-refractivity contribution in [3.05, 3.63) is 59.7 Å². The van der Waals surface area contributed by atoms with Gasteiger partial charge in [0.15, 0.2) is 0 Å². The van der Waals surface area contributed by atoms with E-state index in [1.807, 2.05) is 0 Å². The molecular formula is C22H26N2O4. The summed E-state index contributed by atoms with van der Waals surface area (Å²) in [6.07, 6.45) is 5.96. The molecule has 3 N–H and O–H groups in total. The molecule has 0 aliphatic carbocycles. The maximum Gasteiger partial charge on any atom is 0.335 e. The van der Waals surface area contributed by atoms with Crippen LogP contribution in [-0.4, -0.2) is 22.9 Å². The molecule has 0 fully saturated rings. The van der Waals surface area contributed by atoms with Crippen LogP contribution in [0.1, 0.15) is 66.2 Å². The average molecular weight is 382 g/mol. The van der Waals surface area contributed by atoms with E-state index in [1.54, 1.807) is 36.4 Å². The van der Waals surface area contributed by atoms with Crippen molar-refractivity contribution in [1.82, 2.24) is 0 Å². The Labute approximate surface area is 165 Å². The number of benzene rings is 2. The van der Waals surface area contributed by atoms with Gasteiger partial charge in [-0.3, -0.25) is 9.59 Å². The Morgan fingerprint density at radius 2 is 1.54 bits per heavy atom. The van der Waals surface area contributed by atoms with Crippen LogP contribution in [0.3, 0.4) is 0 Å². The lowest BCUT2D eigenvalue weighted by molar-refractivity contribution is -0.116. The number of nitrogens with one attached hydrogen (secondary N) is 2. The normalized spacial score (nSPS) is 10.3. The van der Waals surface area contributed by atoms with Gasteiger partial charge in [-0.2, -0.15) is 0 Å². The second kappa shape index (κ2) is 10.9. The van der Waals surface area contributed by atoms with Gasteiger partial charge in [-0.05, 0) is 48.9 Å². The van der Waals surface area contributed by atoms with Crippen LogP contribution in [-0.2, 0) is 4.79 Å². The minimum absolute atomic E-state index is 0.0285. The van der Waals surface area contributed by atoms with Crippen molar-refractivity contribution < 1.29 is 19.5 Å². The molecule has 6 heteroatoms. The fourth-order valence-electron chi connectivity index (χ4n) is 2.75. The van der Waals surface area contributed by atoms with Gasteiger partial charge in [0.05, 0.1) is 5.56 Å². The number of carboxylic acid groups (broad SMARTS) is 1. The van der Waals surface area contributed by atoms with Crippen molar-refractivity contribution in [3.8, 4) is 0 Å². The van der Waals surface area contributed by atoms with Crippen LogP contribution >= 0.6 is 0 Å². The number of rotatable bonds is 10.